The third kappa shape index (κ3) is 5.20. The SMILES string of the molecule is CCC(C=O)(CC)CN(C)C(=O)OC(C)(C)C. The molecule has 1 amide bonds. The maximum atomic E-state index is 11.8. The van der Waals surface area contributed by atoms with Crippen LogP contribution in [-0.4, -0.2) is 36.5 Å². The molecule has 0 aromatic rings. The lowest BCUT2D eigenvalue weighted by Gasteiger charge is -2.32. The van der Waals surface area contributed by atoms with Crippen molar-refractivity contribution in [2.24, 2.45) is 5.41 Å². The molecular weight excluding hydrogens is 218 g/mol. The second-order valence-electron chi connectivity index (χ2n) is 5.52. The van der Waals surface area contributed by atoms with Gasteiger partial charge >= 0.3 is 6.09 Å². The Balaban J connectivity index is 4.57. The van der Waals surface area contributed by atoms with E-state index in [0.717, 1.165) is 19.1 Å². The number of hydrogen-bond acceptors (Lipinski definition) is 3. The van der Waals surface area contributed by atoms with Crippen molar-refractivity contribution in [3.63, 3.8) is 0 Å². The summed E-state index contributed by atoms with van der Waals surface area (Å²) in [6, 6.07) is 0. The molecule has 0 rings (SSSR count). The average molecular weight is 243 g/mol. The fraction of sp³-hybridized carbons (Fsp3) is 0.846. The van der Waals surface area contributed by atoms with Gasteiger partial charge in [0.05, 0.1) is 0 Å². The fourth-order valence-corrected chi connectivity index (χ4v) is 1.55. The molecule has 0 saturated heterocycles. The number of carbonyl (C=O) groups is 2. The molecule has 0 saturated carbocycles. The van der Waals surface area contributed by atoms with Crippen LogP contribution in [0.1, 0.15) is 47.5 Å². The van der Waals surface area contributed by atoms with Crippen molar-refractivity contribution in [2.75, 3.05) is 13.6 Å². The first-order valence-electron chi connectivity index (χ1n) is 6.10. The molecule has 17 heavy (non-hydrogen) atoms. The molecule has 0 aromatic carbocycles. The van der Waals surface area contributed by atoms with E-state index in [1.165, 1.54) is 4.90 Å². The molecule has 0 radical (unpaired) electrons. The second-order valence-corrected chi connectivity index (χ2v) is 5.52. The zero-order valence-electron chi connectivity index (χ0n) is 11.9. The maximum Gasteiger partial charge on any atom is 0.410 e. The maximum absolute atomic E-state index is 11.8. The number of carbonyl (C=O) groups excluding carboxylic acids is 2. The van der Waals surface area contributed by atoms with Gasteiger partial charge in [-0.25, -0.2) is 4.79 Å². The Kier molecular flexibility index (Phi) is 5.66. The third-order valence-corrected chi connectivity index (χ3v) is 2.92. The van der Waals surface area contributed by atoms with Gasteiger partial charge < -0.3 is 14.4 Å². The number of nitrogens with zero attached hydrogens (tertiary/aromatic N) is 1. The predicted molar refractivity (Wildman–Crippen MR) is 67.9 cm³/mol. The van der Waals surface area contributed by atoms with Crippen LogP contribution >= 0.6 is 0 Å². The molecule has 0 aliphatic heterocycles. The molecule has 0 aliphatic carbocycles. The van der Waals surface area contributed by atoms with Crippen molar-refractivity contribution in [3.8, 4) is 0 Å². The van der Waals surface area contributed by atoms with Crippen LogP contribution in [0, 0.1) is 5.41 Å². The van der Waals surface area contributed by atoms with Gasteiger partial charge in [-0.2, -0.15) is 0 Å². The van der Waals surface area contributed by atoms with Crippen LogP contribution in [0.2, 0.25) is 0 Å². The smallest absolute Gasteiger partial charge is 0.410 e. The summed E-state index contributed by atoms with van der Waals surface area (Å²) in [5.74, 6) is 0. The number of aldehydes is 1. The molecule has 0 aromatic heterocycles. The quantitative estimate of drug-likeness (QED) is 0.697. The minimum atomic E-state index is -0.506. The van der Waals surface area contributed by atoms with E-state index >= 15 is 0 Å². The van der Waals surface area contributed by atoms with E-state index in [4.69, 9.17) is 4.74 Å². The van der Waals surface area contributed by atoms with Crippen molar-refractivity contribution in [1.29, 1.82) is 0 Å². The van der Waals surface area contributed by atoms with Gasteiger partial charge in [0.15, 0.2) is 0 Å². The van der Waals surface area contributed by atoms with Crippen LogP contribution < -0.4 is 0 Å². The normalized spacial score (nSPS) is 12.1. The molecule has 0 N–H and O–H groups in total. The molecule has 0 atom stereocenters. The largest absolute Gasteiger partial charge is 0.444 e. The van der Waals surface area contributed by atoms with Crippen molar-refractivity contribution >= 4 is 12.4 Å². The fourth-order valence-electron chi connectivity index (χ4n) is 1.55. The molecule has 0 heterocycles. The summed E-state index contributed by atoms with van der Waals surface area (Å²) in [6.07, 6.45) is 2.01. The van der Waals surface area contributed by atoms with E-state index in [9.17, 15) is 9.59 Å². The second kappa shape index (κ2) is 6.03. The first-order valence-corrected chi connectivity index (χ1v) is 6.10. The van der Waals surface area contributed by atoms with E-state index in [0.29, 0.717) is 6.54 Å². The molecule has 0 unspecified atom stereocenters. The van der Waals surface area contributed by atoms with Crippen LogP contribution in [0.25, 0.3) is 0 Å². The Hall–Kier alpha value is -1.06. The summed E-state index contributed by atoms with van der Waals surface area (Å²) in [7, 11) is 1.66. The topological polar surface area (TPSA) is 46.6 Å². The van der Waals surface area contributed by atoms with Crippen molar-refractivity contribution in [1.82, 2.24) is 4.90 Å². The van der Waals surface area contributed by atoms with E-state index in [1.54, 1.807) is 7.05 Å². The Morgan fingerprint density at radius 3 is 2.00 bits per heavy atom. The summed E-state index contributed by atoms with van der Waals surface area (Å²) in [5, 5.41) is 0. The van der Waals surface area contributed by atoms with Crippen LogP contribution in [0.5, 0.6) is 0 Å². The summed E-state index contributed by atoms with van der Waals surface area (Å²) >= 11 is 0. The van der Waals surface area contributed by atoms with E-state index < -0.39 is 11.0 Å². The molecular formula is C13H25NO3. The number of hydrogen-bond donors (Lipinski definition) is 0. The minimum Gasteiger partial charge on any atom is -0.444 e. The zero-order valence-corrected chi connectivity index (χ0v) is 11.9. The van der Waals surface area contributed by atoms with Crippen molar-refractivity contribution in [2.45, 2.75) is 53.1 Å². The van der Waals surface area contributed by atoms with Crippen molar-refractivity contribution < 1.29 is 14.3 Å². The van der Waals surface area contributed by atoms with Gasteiger partial charge in [0.2, 0.25) is 0 Å². The third-order valence-electron chi connectivity index (χ3n) is 2.92. The molecule has 0 spiro atoms. The zero-order chi connectivity index (χ0) is 13.7. The Morgan fingerprint density at radius 2 is 1.71 bits per heavy atom. The van der Waals surface area contributed by atoms with Crippen LogP contribution in [-0.2, 0) is 9.53 Å². The monoisotopic (exact) mass is 243 g/mol. The number of rotatable bonds is 5. The summed E-state index contributed by atoms with van der Waals surface area (Å²) in [4.78, 5) is 24.4. The summed E-state index contributed by atoms with van der Waals surface area (Å²) < 4.78 is 5.25. The highest BCUT2D eigenvalue weighted by Crippen LogP contribution is 2.25. The highest BCUT2D eigenvalue weighted by Gasteiger charge is 2.30. The van der Waals surface area contributed by atoms with Gasteiger partial charge in [-0.3, -0.25) is 0 Å². The predicted octanol–water partition coefficient (Wildman–Crippen LogP) is 2.86. The van der Waals surface area contributed by atoms with Gasteiger partial charge in [-0.1, -0.05) is 13.8 Å². The summed E-state index contributed by atoms with van der Waals surface area (Å²) in [5.41, 5.74) is -0.959. The first kappa shape index (κ1) is 15.9. The molecule has 4 heteroatoms. The Labute approximate surface area is 104 Å². The highest BCUT2D eigenvalue weighted by atomic mass is 16.6. The minimum absolute atomic E-state index is 0.384. The number of amides is 1. The standard InChI is InChI=1S/C13H25NO3/c1-7-13(8-2,10-15)9-14(6)11(16)17-12(3,4)5/h10H,7-9H2,1-6H3. The molecule has 4 nitrogen and oxygen atoms in total. The van der Waals surface area contributed by atoms with Crippen molar-refractivity contribution in [3.05, 3.63) is 0 Å². The van der Waals surface area contributed by atoms with Crippen LogP contribution in [0.3, 0.4) is 0 Å². The Bertz CT molecular complexity index is 264. The lowest BCUT2D eigenvalue weighted by molar-refractivity contribution is -0.117. The van der Waals surface area contributed by atoms with Gasteiger partial charge in [0.1, 0.15) is 11.9 Å². The van der Waals surface area contributed by atoms with Crippen LogP contribution in [0.4, 0.5) is 4.79 Å². The lowest BCUT2D eigenvalue weighted by Crippen LogP contribution is -2.42. The Morgan fingerprint density at radius 1 is 1.24 bits per heavy atom. The van der Waals surface area contributed by atoms with Gasteiger partial charge in [0, 0.05) is 19.0 Å². The lowest BCUT2D eigenvalue weighted by atomic mass is 9.83. The van der Waals surface area contributed by atoms with Gasteiger partial charge in [-0.05, 0) is 33.6 Å². The first-order chi connectivity index (χ1) is 7.69. The summed E-state index contributed by atoms with van der Waals surface area (Å²) in [6.45, 7) is 9.79. The molecule has 0 aliphatic rings. The highest BCUT2D eigenvalue weighted by molar-refractivity contribution is 5.69. The number of ether oxygens (including phenoxy) is 1. The molecule has 0 fully saturated rings. The molecule has 0 bridgehead atoms. The van der Waals surface area contributed by atoms with Crippen LogP contribution in [0.15, 0.2) is 0 Å². The van der Waals surface area contributed by atoms with E-state index in [-0.39, 0.29) is 6.09 Å². The van der Waals surface area contributed by atoms with Gasteiger partial charge in [-0.15, -0.1) is 0 Å². The van der Waals surface area contributed by atoms with E-state index in [1.807, 2.05) is 34.6 Å². The molecule has 100 valence electrons. The van der Waals surface area contributed by atoms with Gasteiger partial charge in [0.25, 0.3) is 0 Å². The van der Waals surface area contributed by atoms with E-state index in [2.05, 4.69) is 0 Å². The average Bonchev–Trinajstić information content (AvgIpc) is 2.23.